The van der Waals surface area contributed by atoms with Gasteiger partial charge in [-0.25, -0.2) is 0 Å². The van der Waals surface area contributed by atoms with Crippen LogP contribution in [0.5, 0.6) is 5.75 Å². The van der Waals surface area contributed by atoms with Crippen LogP contribution >= 0.6 is 0 Å². The molecule has 5 heteroatoms. The van der Waals surface area contributed by atoms with E-state index in [9.17, 15) is 9.59 Å². The summed E-state index contributed by atoms with van der Waals surface area (Å²) in [7, 11) is 0. The normalized spacial score (nSPS) is 15.4. The number of rotatable bonds is 5. The first kappa shape index (κ1) is 21.9. The molecule has 0 aromatic heterocycles. The number of nitrogens with one attached hydrogen (secondary N) is 1. The minimum absolute atomic E-state index is 0.0583. The largest absolute Gasteiger partial charge is 0.481 e. The second-order valence-electron chi connectivity index (χ2n) is 8.95. The summed E-state index contributed by atoms with van der Waals surface area (Å²) in [6.07, 6.45) is 2.68. The number of likely N-dealkylation sites (tertiary alicyclic amines) is 1. The lowest BCUT2D eigenvalue weighted by atomic mass is 9.87. The van der Waals surface area contributed by atoms with Crippen LogP contribution in [-0.2, 0) is 10.2 Å². The van der Waals surface area contributed by atoms with Crippen molar-refractivity contribution in [2.75, 3.05) is 18.4 Å². The van der Waals surface area contributed by atoms with Gasteiger partial charge in [-0.2, -0.15) is 0 Å². The third-order valence-corrected chi connectivity index (χ3v) is 5.45. The predicted molar refractivity (Wildman–Crippen MR) is 120 cm³/mol. The van der Waals surface area contributed by atoms with Crippen molar-refractivity contribution < 1.29 is 14.3 Å². The molecule has 2 aromatic carbocycles. The van der Waals surface area contributed by atoms with Crippen LogP contribution in [0.15, 0.2) is 48.5 Å². The number of amides is 2. The fraction of sp³-hybridized carbons (Fsp3) is 0.440. The summed E-state index contributed by atoms with van der Waals surface area (Å²) in [5, 5.41) is 2.85. The Morgan fingerprint density at radius 1 is 0.933 bits per heavy atom. The summed E-state index contributed by atoms with van der Waals surface area (Å²) in [6, 6.07) is 14.9. The molecule has 1 heterocycles. The summed E-state index contributed by atoms with van der Waals surface area (Å²) < 4.78 is 5.78. The van der Waals surface area contributed by atoms with Crippen molar-refractivity contribution in [2.45, 2.75) is 58.5 Å². The van der Waals surface area contributed by atoms with Crippen molar-refractivity contribution in [3.05, 3.63) is 59.7 Å². The molecule has 1 aliphatic heterocycles. The molecule has 0 spiro atoms. The molecule has 1 aliphatic rings. The van der Waals surface area contributed by atoms with Gasteiger partial charge in [-0.15, -0.1) is 0 Å². The number of carbonyl (C=O) groups is 2. The van der Waals surface area contributed by atoms with E-state index >= 15 is 0 Å². The van der Waals surface area contributed by atoms with Crippen molar-refractivity contribution in [3.63, 3.8) is 0 Å². The molecule has 0 aliphatic carbocycles. The number of carbonyl (C=O) groups excluding carboxylic acids is 2. The Balaban J connectivity index is 1.55. The van der Waals surface area contributed by atoms with Gasteiger partial charge in [0.25, 0.3) is 11.8 Å². The van der Waals surface area contributed by atoms with Crippen LogP contribution in [0.4, 0.5) is 5.69 Å². The number of hydrogen-bond acceptors (Lipinski definition) is 3. The molecule has 160 valence electrons. The first-order valence-electron chi connectivity index (χ1n) is 10.7. The number of piperidine rings is 1. The first-order valence-corrected chi connectivity index (χ1v) is 10.7. The second-order valence-corrected chi connectivity index (χ2v) is 8.95. The maximum Gasteiger partial charge on any atom is 0.265 e. The molecule has 0 bridgehead atoms. The Bertz CT molecular complexity index is 861. The summed E-state index contributed by atoms with van der Waals surface area (Å²) in [5.74, 6) is 0.487. The van der Waals surface area contributed by atoms with E-state index in [0.29, 0.717) is 17.0 Å². The predicted octanol–water partition coefficient (Wildman–Crippen LogP) is 5.02. The molecule has 0 radical (unpaired) electrons. The third-order valence-electron chi connectivity index (χ3n) is 5.45. The van der Waals surface area contributed by atoms with E-state index in [-0.39, 0.29) is 17.2 Å². The highest BCUT2D eigenvalue weighted by atomic mass is 16.5. The maximum absolute atomic E-state index is 12.5. The topological polar surface area (TPSA) is 58.6 Å². The van der Waals surface area contributed by atoms with Crippen LogP contribution in [0.2, 0.25) is 0 Å². The minimum atomic E-state index is -0.639. The van der Waals surface area contributed by atoms with Crippen molar-refractivity contribution in [3.8, 4) is 5.75 Å². The smallest absolute Gasteiger partial charge is 0.265 e. The summed E-state index contributed by atoms with van der Waals surface area (Å²) >= 11 is 0. The standard InChI is InChI=1S/C25H32N2O3/c1-18(30-22-14-10-20(11-15-22)25(2,3)4)23(28)26-21-12-8-19(9-13-21)24(29)27-16-6-5-7-17-27/h8-15,18H,5-7,16-17H2,1-4H3,(H,26,28). The number of benzene rings is 2. The van der Waals surface area contributed by atoms with Crippen LogP contribution in [0.25, 0.3) is 0 Å². The number of nitrogens with zero attached hydrogens (tertiary/aromatic N) is 1. The quantitative estimate of drug-likeness (QED) is 0.756. The van der Waals surface area contributed by atoms with Gasteiger partial charge in [0.2, 0.25) is 0 Å². The van der Waals surface area contributed by atoms with E-state index in [4.69, 9.17) is 4.74 Å². The van der Waals surface area contributed by atoms with Crippen molar-refractivity contribution >= 4 is 17.5 Å². The fourth-order valence-electron chi connectivity index (χ4n) is 3.51. The molecule has 5 nitrogen and oxygen atoms in total. The molecule has 30 heavy (non-hydrogen) atoms. The maximum atomic E-state index is 12.5. The van der Waals surface area contributed by atoms with Crippen molar-refractivity contribution in [1.29, 1.82) is 0 Å². The molecular formula is C25H32N2O3. The van der Waals surface area contributed by atoms with E-state index in [1.807, 2.05) is 29.2 Å². The van der Waals surface area contributed by atoms with Gasteiger partial charge in [-0.1, -0.05) is 32.9 Å². The molecule has 1 saturated heterocycles. The monoisotopic (exact) mass is 408 g/mol. The Morgan fingerprint density at radius 3 is 2.10 bits per heavy atom. The van der Waals surface area contributed by atoms with Gasteiger partial charge in [-0.05, 0) is 73.6 Å². The molecule has 2 amide bonds. The number of hydrogen-bond donors (Lipinski definition) is 1. The highest BCUT2D eigenvalue weighted by Gasteiger charge is 2.19. The fourth-order valence-corrected chi connectivity index (χ4v) is 3.51. The van der Waals surface area contributed by atoms with Gasteiger partial charge < -0.3 is 15.0 Å². The molecule has 1 unspecified atom stereocenters. The van der Waals surface area contributed by atoms with E-state index in [1.165, 1.54) is 12.0 Å². The zero-order valence-electron chi connectivity index (χ0n) is 18.4. The van der Waals surface area contributed by atoms with Gasteiger partial charge in [0.05, 0.1) is 0 Å². The van der Waals surface area contributed by atoms with Crippen molar-refractivity contribution in [2.24, 2.45) is 0 Å². The van der Waals surface area contributed by atoms with Crippen LogP contribution in [0.3, 0.4) is 0 Å². The third kappa shape index (κ3) is 5.62. The van der Waals surface area contributed by atoms with Crippen LogP contribution in [0.1, 0.15) is 62.9 Å². The zero-order chi connectivity index (χ0) is 21.7. The molecule has 0 saturated carbocycles. The molecule has 1 atom stereocenters. The summed E-state index contributed by atoms with van der Waals surface area (Å²) in [6.45, 7) is 9.84. The Kier molecular flexibility index (Phi) is 6.80. The summed E-state index contributed by atoms with van der Waals surface area (Å²) in [5.41, 5.74) is 2.58. The van der Waals surface area contributed by atoms with Gasteiger partial charge in [0, 0.05) is 24.3 Å². The number of ether oxygens (including phenoxy) is 1. The van der Waals surface area contributed by atoms with E-state index in [0.717, 1.165) is 25.9 Å². The SMILES string of the molecule is CC(Oc1ccc(C(C)(C)C)cc1)C(=O)Nc1ccc(C(=O)N2CCCCC2)cc1. The Morgan fingerprint density at radius 2 is 1.53 bits per heavy atom. The molecule has 1 fully saturated rings. The molecular weight excluding hydrogens is 376 g/mol. The van der Waals surface area contributed by atoms with E-state index in [2.05, 4.69) is 26.1 Å². The van der Waals surface area contributed by atoms with Gasteiger partial charge in [-0.3, -0.25) is 9.59 Å². The van der Waals surface area contributed by atoms with Crippen LogP contribution in [-0.4, -0.2) is 35.9 Å². The summed E-state index contributed by atoms with van der Waals surface area (Å²) in [4.78, 5) is 26.9. The lowest BCUT2D eigenvalue weighted by Gasteiger charge is -2.26. The van der Waals surface area contributed by atoms with Gasteiger partial charge in [0.15, 0.2) is 6.10 Å². The van der Waals surface area contributed by atoms with Crippen LogP contribution in [0, 0.1) is 0 Å². The van der Waals surface area contributed by atoms with Gasteiger partial charge in [0.1, 0.15) is 5.75 Å². The number of anilines is 1. The molecule has 1 N–H and O–H groups in total. The van der Waals surface area contributed by atoms with E-state index < -0.39 is 6.10 Å². The van der Waals surface area contributed by atoms with Crippen LogP contribution < -0.4 is 10.1 Å². The highest BCUT2D eigenvalue weighted by molar-refractivity contribution is 5.96. The minimum Gasteiger partial charge on any atom is -0.481 e. The lowest BCUT2D eigenvalue weighted by Crippen LogP contribution is -2.35. The molecule has 2 aromatic rings. The average molecular weight is 409 g/mol. The van der Waals surface area contributed by atoms with Gasteiger partial charge >= 0.3 is 0 Å². The highest BCUT2D eigenvalue weighted by Crippen LogP contribution is 2.25. The van der Waals surface area contributed by atoms with Crippen molar-refractivity contribution in [1.82, 2.24) is 4.90 Å². The second kappa shape index (κ2) is 9.33. The molecule has 3 rings (SSSR count). The first-order chi connectivity index (χ1) is 14.2. The Hall–Kier alpha value is -2.82. The zero-order valence-corrected chi connectivity index (χ0v) is 18.4. The lowest BCUT2D eigenvalue weighted by molar-refractivity contribution is -0.122. The average Bonchev–Trinajstić information content (AvgIpc) is 2.74. The Labute approximate surface area is 179 Å². The van der Waals surface area contributed by atoms with E-state index in [1.54, 1.807) is 31.2 Å².